The molecule has 0 aromatic heterocycles. The van der Waals surface area contributed by atoms with Gasteiger partial charge in [0.2, 0.25) is 0 Å². The lowest BCUT2D eigenvalue weighted by molar-refractivity contribution is -0.307. The summed E-state index contributed by atoms with van der Waals surface area (Å²) in [5, 5.41) is 10.00. The van der Waals surface area contributed by atoms with Crippen LogP contribution in [0.5, 0.6) is 0 Å². The highest BCUT2D eigenvalue weighted by Crippen LogP contribution is 2.00. The van der Waals surface area contributed by atoms with Gasteiger partial charge in [0, 0.05) is 6.04 Å². The molecule has 0 radical (unpaired) electrons. The van der Waals surface area contributed by atoms with E-state index in [-0.39, 0.29) is 24.7 Å². The van der Waals surface area contributed by atoms with Crippen molar-refractivity contribution in [2.45, 2.75) is 26.3 Å². The molecule has 0 aliphatic carbocycles. The summed E-state index contributed by atoms with van der Waals surface area (Å²) in [6.07, 6.45) is 0.488. The minimum atomic E-state index is -1.16. The first-order chi connectivity index (χ1) is 4.04. The fourth-order valence-electron chi connectivity index (χ4n) is 0.604. The molecule has 1 atom stereocenters. The molecule has 0 spiro atoms. The van der Waals surface area contributed by atoms with Crippen LogP contribution in [0.1, 0.15) is 20.3 Å². The Balaban J connectivity index is -0.000000107. The van der Waals surface area contributed by atoms with Crippen LogP contribution in [0.15, 0.2) is 0 Å². The lowest BCUT2D eigenvalue weighted by Crippen LogP contribution is -3.00. The van der Waals surface area contributed by atoms with E-state index in [4.69, 9.17) is 5.73 Å². The van der Waals surface area contributed by atoms with Crippen molar-refractivity contribution in [3.63, 3.8) is 0 Å². The second-order valence-electron chi connectivity index (χ2n) is 2.56. The van der Waals surface area contributed by atoms with E-state index in [1.165, 1.54) is 0 Å². The number of rotatable bonds is 3. The molecule has 0 aromatic carbocycles. The number of hydrogen-bond acceptors (Lipinski definition) is 3. The zero-order valence-electron chi connectivity index (χ0n) is 8.13. The van der Waals surface area contributed by atoms with Crippen molar-refractivity contribution in [3.8, 4) is 0 Å². The molecule has 0 saturated carbocycles. The molecule has 0 aliphatic rings. The highest BCUT2D eigenvalue weighted by atomic mass is 35.5. The summed E-state index contributed by atoms with van der Waals surface area (Å²) in [6, 6.07) is -0.801. The van der Waals surface area contributed by atoms with Gasteiger partial charge in [-0.2, -0.15) is 0 Å². The van der Waals surface area contributed by atoms with Crippen molar-refractivity contribution >= 4 is 5.97 Å². The Morgan fingerprint density at radius 2 is 1.75 bits per heavy atom. The number of quaternary nitrogens is 2. The summed E-state index contributed by atoms with van der Waals surface area (Å²) in [5.41, 5.74) is 5.16. The molecule has 0 aliphatic heterocycles. The number of aliphatic carboxylic acids is 1. The Kier molecular flexibility index (Phi) is 20.0. The molecular formula is C6H20ClN3O2. The molecule has 12 heavy (non-hydrogen) atoms. The highest BCUT2D eigenvalue weighted by Gasteiger charge is 2.04. The third kappa shape index (κ3) is 12.3. The van der Waals surface area contributed by atoms with Crippen molar-refractivity contribution in [2.24, 2.45) is 11.7 Å². The quantitative estimate of drug-likeness (QED) is 0.445. The Bertz CT molecular complexity index is 111. The van der Waals surface area contributed by atoms with Gasteiger partial charge in [0.25, 0.3) is 0 Å². The molecule has 6 heteroatoms. The normalized spacial score (nSPS) is 10.3. The van der Waals surface area contributed by atoms with E-state index in [1.807, 2.05) is 13.8 Å². The van der Waals surface area contributed by atoms with Gasteiger partial charge in [-0.15, -0.1) is 0 Å². The summed E-state index contributed by atoms with van der Waals surface area (Å²) >= 11 is 0. The average Bonchev–Trinajstić information content (AvgIpc) is 1.63. The molecule has 5 nitrogen and oxygen atoms in total. The largest absolute Gasteiger partial charge is 1.00 e. The first-order valence-electron chi connectivity index (χ1n) is 3.00. The molecule has 0 aromatic rings. The molecule has 78 valence electrons. The molecule has 0 fully saturated rings. The van der Waals surface area contributed by atoms with E-state index in [9.17, 15) is 9.90 Å². The highest BCUT2D eigenvalue weighted by molar-refractivity contribution is 5.70. The van der Waals surface area contributed by atoms with Crippen molar-refractivity contribution in [2.75, 3.05) is 0 Å². The maximum Gasteiger partial charge on any atom is 0.0582 e. The van der Waals surface area contributed by atoms with Gasteiger partial charge in [-0.3, -0.25) is 0 Å². The molecule has 0 amide bonds. The van der Waals surface area contributed by atoms with Crippen molar-refractivity contribution in [3.05, 3.63) is 0 Å². The first kappa shape index (κ1) is 22.6. The number of nitrogens with two attached hydrogens (primary N) is 1. The van der Waals surface area contributed by atoms with Crippen LogP contribution in [0.25, 0.3) is 0 Å². The predicted molar refractivity (Wildman–Crippen MR) is 44.4 cm³/mol. The summed E-state index contributed by atoms with van der Waals surface area (Å²) in [4.78, 5) is 10.00. The molecule has 0 unspecified atom stereocenters. The number of hydrogen-bond donors (Lipinski definition) is 3. The molecule has 0 rings (SSSR count). The van der Waals surface area contributed by atoms with E-state index in [2.05, 4.69) is 0 Å². The van der Waals surface area contributed by atoms with Crippen LogP contribution in [0.3, 0.4) is 0 Å². The Morgan fingerprint density at radius 1 is 1.42 bits per heavy atom. The van der Waals surface area contributed by atoms with Gasteiger partial charge >= 0.3 is 0 Å². The van der Waals surface area contributed by atoms with Gasteiger partial charge in [-0.05, 0) is 12.3 Å². The minimum absolute atomic E-state index is 0. The third-order valence-corrected chi connectivity index (χ3v) is 1.03. The van der Waals surface area contributed by atoms with Gasteiger partial charge in [0.05, 0.1) is 5.97 Å². The zero-order valence-corrected chi connectivity index (χ0v) is 8.89. The van der Waals surface area contributed by atoms with E-state index >= 15 is 0 Å². The molecule has 0 heterocycles. The summed E-state index contributed by atoms with van der Waals surface area (Å²) in [6.45, 7) is 3.84. The minimum Gasteiger partial charge on any atom is -1.00 e. The van der Waals surface area contributed by atoms with Gasteiger partial charge in [0.1, 0.15) is 0 Å². The number of carboxylic acids is 1. The van der Waals surface area contributed by atoms with Crippen LogP contribution in [0.2, 0.25) is 0 Å². The number of halogens is 1. The third-order valence-electron chi connectivity index (χ3n) is 1.03. The maximum absolute atomic E-state index is 10.00. The van der Waals surface area contributed by atoms with Crippen molar-refractivity contribution in [1.82, 2.24) is 12.3 Å². The summed E-state index contributed by atoms with van der Waals surface area (Å²) in [7, 11) is 0. The number of carboxylic acid groups (broad SMARTS) is 1. The van der Waals surface area contributed by atoms with Crippen LogP contribution in [0, 0.1) is 5.92 Å². The van der Waals surface area contributed by atoms with Gasteiger partial charge in [0.15, 0.2) is 0 Å². The van der Waals surface area contributed by atoms with Gasteiger partial charge in [-0.25, -0.2) is 0 Å². The molecule has 0 saturated heterocycles. The molecular weight excluding hydrogens is 182 g/mol. The zero-order chi connectivity index (χ0) is 7.44. The Labute approximate surface area is 79.3 Å². The topological polar surface area (TPSA) is 139 Å². The average molecular weight is 202 g/mol. The van der Waals surface area contributed by atoms with Crippen molar-refractivity contribution in [1.29, 1.82) is 0 Å². The summed E-state index contributed by atoms with van der Waals surface area (Å²) in [5.74, 6) is -0.846. The Hall–Kier alpha value is -0.360. The van der Waals surface area contributed by atoms with E-state index in [1.54, 1.807) is 0 Å². The molecule has 10 N–H and O–H groups in total. The van der Waals surface area contributed by atoms with Crippen LogP contribution in [-0.4, -0.2) is 12.0 Å². The number of carbonyl (C=O) groups is 1. The van der Waals surface area contributed by atoms with Gasteiger partial charge < -0.3 is 40.3 Å². The predicted octanol–water partition coefficient (Wildman–Crippen LogP) is -3.13. The second kappa shape index (κ2) is 10.6. The van der Waals surface area contributed by atoms with Crippen LogP contribution in [0.4, 0.5) is 0 Å². The van der Waals surface area contributed by atoms with E-state index < -0.39 is 12.0 Å². The monoisotopic (exact) mass is 201 g/mol. The fraction of sp³-hybridized carbons (Fsp3) is 0.833. The Morgan fingerprint density at radius 3 is 1.83 bits per heavy atom. The van der Waals surface area contributed by atoms with Crippen LogP contribution < -0.4 is 35.5 Å². The second-order valence-corrected chi connectivity index (χ2v) is 2.56. The lowest BCUT2D eigenvalue weighted by atomic mass is 10.1. The fourth-order valence-corrected chi connectivity index (χ4v) is 0.604. The van der Waals surface area contributed by atoms with Crippen LogP contribution >= 0.6 is 0 Å². The van der Waals surface area contributed by atoms with Crippen molar-refractivity contribution < 1.29 is 22.3 Å². The molecule has 0 bridgehead atoms. The van der Waals surface area contributed by atoms with Gasteiger partial charge in [-0.1, -0.05) is 13.8 Å². The maximum atomic E-state index is 10.00. The van der Waals surface area contributed by atoms with E-state index in [0.29, 0.717) is 12.3 Å². The summed E-state index contributed by atoms with van der Waals surface area (Å²) < 4.78 is 0. The lowest BCUT2D eigenvalue weighted by Gasteiger charge is -2.13. The first-order valence-corrected chi connectivity index (χ1v) is 3.00. The van der Waals surface area contributed by atoms with E-state index in [0.717, 1.165) is 0 Å². The SMILES string of the molecule is CC(C)C[C@H](N)C(=O)[O-].[Cl-].[NH4+].[NH4+]. The number of carbonyl (C=O) groups excluding carboxylic acids is 1. The standard InChI is InChI=1S/C6H13NO2.ClH.2H3N/c1-4(2)3-5(7)6(8)9;;;/h4-5H,3,7H2,1-2H3,(H,8,9);1H;2*1H3/t5-;;;/m0.../s1. The smallest absolute Gasteiger partial charge is 0.0582 e. The van der Waals surface area contributed by atoms with Crippen LogP contribution in [-0.2, 0) is 4.79 Å².